The molecule has 4 atom stereocenters. The van der Waals surface area contributed by atoms with Gasteiger partial charge in [-0.3, -0.25) is 18.7 Å². The van der Waals surface area contributed by atoms with Crippen molar-refractivity contribution in [3.63, 3.8) is 0 Å². The van der Waals surface area contributed by atoms with Gasteiger partial charge >= 0.3 is 11.9 Å². The van der Waals surface area contributed by atoms with Crippen molar-refractivity contribution >= 4 is 44.0 Å². The molecule has 0 aromatic heterocycles. The number of rotatable bonds is 6. The molecule has 0 bridgehead atoms. The van der Waals surface area contributed by atoms with Gasteiger partial charge in [-0.2, -0.15) is 16.8 Å². The zero-order valence-electron chi connectivity index (χ0n) is 11.5. The van der Waals surface area contributed by atoms with Crippen molar-refractivity contribution in [3.05, 3.63) is 0 Å². The Labute approximate surface area is 137 Å². The van der Waals surface area contributed by atoms with Gasteiger partial charge in [0, 0.05) is 0 Å². The fourth-order valence-electron chi connectivity index (χ4n) is 1.66. The second kappa shape index (κ2) is 6.61. The molecule has 1 aliphatic rings. The van der Waals surface area contributed by atoms with Crippen molar-refractivity contribution < 1.29 is 65.3 Å². The Kier molecular flexibility index (Phi) is 5.52. The van der Waals surface area contributed by atoms with E-state index in [9.17, 15) is 36.0 Å². The average Bonchev–Trinajstić information content (AvgIpc) is 2.69. The van der Waals surface area contributed by atoms with Gasteiger partial charge in [0.25, 0.3) is 32.1 Å². The second-order valence-corrected chi connectivity index (χ2v) is 7.56. The van der Waals surface area contributed by atoms with Crippen molar-refractivity contribution in [2.24, 2.45) is 0 Å². The molecule has 2 amide bonds. The highest BCUT2D eigenvalue weighted by atomic mass is 32.2. The number of hydroxylamine groups is 2. The van der Waals surface area contributed by atoms with E-state index >= 15 is 0 Å². The topological polar surface area (TPSA) is 250 Å². The molecule has 0 radical (unpaired) electrons. The number of aliphatic hydroxyl groups excluding tert-OH is 2. The van der Waals surface area contributed by atoms with Crippen LogP contribution in [0.2, 0.25) is 0 Å². The molecule has 1 rings (SSSR count). The first-order chi connectivity index (χ1) is 11.1. The third kappa shape index (κ3) is 4.08. The van der Waals surface area contributed by atoms with Gasteiger partial charge in [-0.1, -0.05) is 5.06 Å². The molecule has 0 saturated carbocycles. The van der Waals surface area contributed by atoms with E-state index in [0.29, 0.717) is 0 Å². The Morgan fingerprint density at radius 2 is 1.28 bits per heavy atom. The van der Waals surface area contributed by atoms with Gasteiger partial charge in [0.2, 0.25) is 0 Å². The predicted octanol–water partition coefficient (Wildman–Crippen LogP) is -4.87. The molecule has 1 aliphatic heterocycles. The summed E-state index contributed by atoms with van der Waals surface area (Å²) in [6.45, 7) is 0. The normalized spacial score (nSPS) is 24.1. The van der Waals surface area contributed by atoms with Crippen LogP contribution in [0.1, 0.15) is 0 Å². The molecule has 25 heavy (non-hydrogen) atoms. The molecule has 17 heteroatoms. The lowest BCUT2D eigenvalue weighted by atomic mass is 10.2. The zero-order valence-corrected chi connectivity index (χ0v) is 13.1. The SMILES string of the molecule is O=C(O)C(O)C(O)C(=O)ON1C(=O)C(S(=O)(=O)O)C(S(=O)(=O)O)C1=O. The molecule has 15 nitrogen and oxygen atoms in total. The van der Waals surface area contributed by atoms with Crippen LogP contribution in [-0.4, -0.2) is 92.8 Å². The van der Waals surface area contributed by atoms with E-state index in [1.807, 2.05) is 0 Å². The van der Waals surface area contributed by atoms with Gasteiger partial charge in [-0.25, -0.2) is 9.59 Å². The Hall–Kier alpha value is -2.18. The van der Waals surface area contributed by atoms with Gasteiger partial charge in [0.1, 0.15) is 0 Å². The summed E-state index contributed by atoms with van der Waals surface area (Å²) in [5, 5.41) is 19.5. The van der Waals surface area contributed by atoms with Crippen LogP contribution in [-0.2, 0) is 44.3 Å². The van der Waals surface area contributed by atoms with E-state index in [2.05, 4.69) is 4.84 Å². The lowest BCUT2D eigenvalue weighted by molar-refractivity contribution is -0.207. The summed E-state index contributed by atoms with van der Waals surface area (Å²) in [7, 11) is -11.2. The third-order valence-corrected chi connectivity index (χ3v) is 5.18. The molecular formula is C8H9NO14S2. The second-order valence-electron chi connectivity index (χ2n) is 4.48. The standard InChI is InChI=1S/C8H9NO14S2/c10-1(7(14)15)2(11)8(16)23-9-5(12)3(24(17,18)19)4(6(9)13)25(20,21)22/h1-4,10-11H,(H,14,15)(H,17,18,19)(H,20,21,22). The van der Waals surface area contributed by atoms with Gasteiger partial charge in [-0.15, -0.1) is 0 Å². The van der Waals surface area contributed by atoms with E-state index < -0.39 is 71.8 Å². The zero-order chi connectivity index (χ0) is 19.9. The van der Waals surface area contributed by atoms with Crippen LogP contribution in [0, 0.1) is 0 Å². The van der Waals surface area contributed by atoms with Crippen molar-refractivity contribution in [2.75, 3.05) is 0 Å². The largest absolute Gasteiger partial charge is 0.479 e. The number of carbonyl (C=O) groups excluding carboxylic acids is 3. The number of aliphatic carboxylic acids is 1. The Balaban J connectivity index is 3.22. The molecule has 0 aromatic carbocycles. The summed E-state index contributed by atoms with van der Waals surface area (Å²) in [5.41, 5.74) is 0. The molecule has 5 N–H and O–H groups in total. The van der Waals surface area contributed by atoms with E-state index in [4.69, 9.17) is 24.4 Å². The van der Waals surface area contributed by atoms with Crippen LogP contribution in [0.25, 0.3) is 0 Å². The highest BCUT2D eigenvalue weighted by Gasteiger charge is 2.62. The van der Waals surface area contributed by atoms with Crippen LogP contribution in [0.15, 0.2) is 0 Å². The van der Waals surface area contributed by atoms with Crippen molar-refractivity contribution in [1.29, 1.82) is 0 Å². The molecule has 4 unspecified atom stereocenters. The van der Waals surface area contributed by atoms with E-state index in [1.165, 1.54) is 0 Å². The van der Waals surface area contributed by atoms with Crippen molar-refractivity contribution in [1.82, 2.24) is 5.06 Å². The summed E-state index contributed by atoms with van der Waals surface area (Å²) >= 11 is 0. The molecule has 1 saturated heterocycles. The first-order valence-corrected chi connectivity index (χ1v) is 8.72. The smallest absolute Gasteiger partial charge is 0.364 e. The Bertz CT molecular complexity index is 777. The molecule has 0 aliphatic carbocycles. The Morgan fingerprint density at radius 3 is 1.56 bits per heavy atom. The number of imide groups is 1. The number of amides is 2. The first-order valence-electron chi connectivity index (χ1n) is 5.71. The van der Waals surface area contributed by atoms with Gasteiger partial charge in [0.05, 0.1) is 0 Å². The minimum atomic E-state index is -5.58. The number of carboxylic acids is 1. The maximum absolute atomic E-state index is 11.7. The number of carboxylic acid groups (broad SMARTS) is 1. The lowest BCUT2D eigenvalue weighted by Crippen LogP contribution is -2.45. The molecule has 1 fully saturated rings. The van der Waals surface area contributed by atoms with Crippen LogP contribution in [0.5, 0.6) is 0 Å². The predicted molar refractivity (Wildman–Crippen MR) is 68.3 cm³/mol. The van der Waals surface area contributed by atoms with Gasteiger partial charge < -0.3 is 20.2 Å². The maximum atomic E-state index is 11.7. The number of aliphatic hydroxyl groups is 2. The Morgan fingerprint density at radius 1 is 0.920 bits per heavy atom. The lowest BCUT2D eigenvalue weighted by Gasteiger charge is -2.17. The molecular weight excluding hydrogens is 398 g/mol. The number of nitrogens with zero attached hydrogens (tertiary/aromatic N) is 1. The number of hydrogen-bond donors (Lipinski definition) is 5. The van der Waals surface area contributed by atoms with E-state index in [0.717, 1.165) is 0 Å². The highest BCUT2D eigenvalue weighted by Crippen LogP contribution is 2.26. The van der Waals surface area contributed by atoms with Crippen LogP contribution in [0.3, 0.4) is 0 Å². The van der Waals surface area contributed by atoms with Crippen LogP contribution >= 0.6 is 0 Å². The molecule has 0 aromatic rings. The highest BCUT2D eigenvalue weighted by molar-refractivity contribution is 7.91. The molecule has 142 valence electrons. The first kappa shape index (κ1) is 20.9. The summed E-state index contributed by atoms with van der Waals surface area (Å²) in [6, 6.07) is 0. The minimum Gasteiger partial charge on any atom is -0.479 e. The maximum Gasteiger partial charge on any atom is 0.364 e. The van der Waals surface area contributed by atoms with Crippen LogP contribution < -0.4 is 0 Å². The average molecular weight is 407 g/mol. The third-order valence-electron chi connectivity index (χ3n) is 2.78. The van der Waals surface area contributed by atoms with Gasteiger partial charge in [-0.05, 0) is 0 Å². The molecule has 0 spiro atoms. The summed E-state index contributed by atoms with van der Waals surface area (Å²) in [5.74, 6) is -8.52. The fraction of sp³-hybridized carbons (Fsp3) is 0.500. The summed E-state index contributed by atoms with van der Waals surface area (Å²) in [4.78, 5) is 49.1. The van der Waals surface area contributed by atoms with Crippen molar-refractivity contribution in [3.8, 4) is 0 Å². The quantitative estimate of drug-likeness (QED) is 0.204. The van der Waals surface area contributed by atoms with Crippen LogP contribution in [0.4, 0.5) is 0 Å². The summed E-state index contributed by atoms with van der Waals surface area (Å²) in [6.07, 6.45) is -5.62. The molecule has 1 heterocycles. The number of hydrogen-bond acceptors (Lipinski definition) is 11. The minimum absolute atomic E-state index is 0.809. The number of carbonyl (C=O) groups is 4. The van der Waals surface area contributed by atoms with E-state index in [-0.39, 0.29) is 0 Å². The fourth-order valence-corrected chi connectivity index (χ4v) is 4.06. The monoisotopic (exact) mass is 407 g/mol. The van der Waals surface area contributed by atoms with Crippen molar-refractivity contribution in [2.45, 2.75) is 22.7 Å². The van der Waals surface area contributed by atoms with E-state index in [1.54, 1.807) is 0 Å². The van der Waals surface area contributed by atoms with Gasteiger partial charge in [0.15, 0.2) is 22.7 Å². The summed E-state index contributed by atoms with van der Waals surface area (Å²) < 4.78 is 62.0.